The van der Waals surface area contributed by atoms with Crippen LogP contribution < -0.4 is 16.4 Å². The monoisotopic (exact) mass is 301 g/mol. The van der Waals surface area contributed by atoms with Crippen molar-refractivity contribution in [1.29, 1.82) is 0 Å². The number of nitrogens with two attached hydrogens (primary N) is 1. The Morgan fingerprint density at radius 3 is 2.73 bits per heavy atom. The quantitative estimate of drug-likeness (QED) is 0.706. The van der Waals surface area contributed by atoms with Crippen LogP contribution in [0.5, 0.6) is 0 Å². The molecule has 1 aliphatic rings. The topological polar surface area (TPSA) is 84.2 Å². The molecule has 0 atom stereocenters. The van der Waals surface area contributed by atoms with Crippen LogP contribution in [0.2, 0.25) is 0 Å². The van der Waals surface area contributed by atoms with Crippen molar-refractivity contribution in [1.82, 2.24) is 5.32 Å². The largest absolute Gasteiger partial charge is 0.369 e. The van der Waals surface area contributed by atoms with Gasteiger partial charge in [-0.1, -0.05) is 29.8 Å². The molecule has 4 N–H and O–H groups in total. The lowest BCUT2D eigenvalue weighted by atomic mass is 9.97. The number of carbonyl (C=O) groups is 2. The van der Waals surface area contributed by atoms with Gasteiger partial charge in [0.15, 0.2) is 0 Å². The second kappa shape index (κ2) is 8.22. The summed E-state index contributed by atoms with van der Waals surface area (Å²) >= 11 is 0. The summed E-state index contributed by atoms with van der Waals surface area (Å²) in [6.45, 7) is 0.621. The minimum absolute atomic E-state index is 0.114. The summed E-state index contributed by atoms with van der Waals surface area (Å²) in [5, 5.41) is 5.63. The van der Waals surface area contributed by atoms with Crippen molar-refractivity contribution < 1.29 is 9.59 Å². The van der Waals surface area contributed by atoms with Gasteiger partial charge in [-0.3, -0.25) is 4.79 Å². The molecule has 0 bridgehead atoms. The number of allylic oxidation sites excluding steroid dienone is 1. The molecule has 2 rings (SSSR count). The van der Waals surface area contributed by atoms with Crippen molar-refractivity contribution in [2.24, 2.45) is 5.73 Å². The predicted molar refractivity (Wildman–Crippen MR) is 87.5 cm³/mol. The fourth-order valence-electron chi connectivity index (χ4n) is 2.62. The zero-order valence-corrected chi connectivity index (χ0v) is 12.7. The summed E-state index contributed by atoms with van der Waals surface area (Å²) in [6, 6.07) is 6.92. The molecule has 0 saturated carbocycles. The van der Waals surface area contributed by atoms with Crippen molar-refractivity contribution in [2.45, 2.75) is 38.5 Å². The van der Waals surface area contributed by atoms with E-state index in [0.717, 1.165) is 24.8 Å². The molecule has 5 heteroatoms. The third-order valence-electron chi connectivity index (χ3n) is 3.75. The van der Waals surface area contributed by atoms with Gasteiger partial charge in [-0.05, 0) is 43.7 Å². The van der Waals surface area contributed by atoms with Crippen LogP contribution >= 0.6 is 0 Å². The molecule has 0 heterocycles. The van der Waals surface area contributed by atoms with Gasteiger partial charge < -0.3 is 16.4 Å². The lowest BCUT2D eigenvalue weighted by Gasteiger charge is -2.14. The van der Waals surface area contributed by atoms with Crippen molar-refractivity contribution >= 4 is 17.6 Å². The van der Waals surface area contributed by atoms with Crippen LogP contribution in [0.3, 0.4) is 0 Å². The van der Waals surface area contributed by atoms with Gasteiger partial charge in [0.05, 0.1) is 6.42 Å². The number of rotatable bonds is 6. The smallest absolute Gasteiger partial charge is 0.319 e. The third kappa shape index (κ3) is 5.24. The van der Waals surface area contributed by atoms with Crippen LogP contribution in [0.1, 0.15) is 37.7 Å². The van der Waals surface area contributed by atoms with E-state index in [1.54, 1.807) is 12.1 Å². The number of urea groups is 1. The molecule has 1 aromatic rings. The van der Waals surface area contributed by atoms with Crippen LogP contribution in [0.4, 0.5) is 10.5 Å². The molecule has 3 amide bonds. The lowest BCUT2D eigenvalue weighted by Crippen LogP contribution is -2.30. The highest BCUT2D eigenvalue weighted by molar-refractivity contribution is 5.91. The van der Waals surface area contributed by atoms with Gasteiger partial charge in [-0.2, -0.15) is 0 Å². The SMILES string of the molecule is NC(=O)Cc1ccccc1NC(=O)NCCC1=CCCCC1. The Kier molecular flexibility index (Phi) is 6.01. The van der Waals surface area contributed by atoms with Crippen molar-refractivity contribution in [3.8, 4) is 0 Å². The molecule has 118 valence electrons. The molecule has 5 nitrogen and oxygen atoms in total. The van der Waals surface area contributed by atoms with E-state index in [1.807, 2.05) is 12.1 Å². The number of primary amides is 1. The Balaban J connectivity index is 1.81. The van der Waals surface area contributed by atoms with E-state index in [2.05, 4.69) is 16.7 Å². The molecular formula is C17H23N3O2. The summed E-state index contributed by atoms with van der Waals surface area (Å²) in [5.41, 5.74) is 7.99. The molecule has 1 aliphatic carbocycles. The maximum absolute atomic E-state index is 11.9. The first-order chi connectivity index (χ1) is 10.6. The van der Waals surface area contributed by atoms with E-state index in [9.17, 15) is 9.59 Å². The van der Waals surface area contributed by atoms with Gasteiger partial charge >= 0.3 is 6.03 Å². The number of para-hydroxylation sites is 1. The normalized spacial score (nSPS) is 14.1. The highest BCUT2D eigenvalue weighted by Gasteiger charge is 2.09. The van der Waals surface area contributed by atoms with Crippen LogP contribution in [-0.4, -0.2) is 18.5 Å². The van der Waals surface area contributed by atoms with E-state index >= 15 is 0 Å². The van der Waals surface area contributed by atoms with Crippen molar-refractivity contribution in [3.05, 3.63) is 41.5 Å². The van der Waals surface area contributed by atoms with Crippen molar-refractivity contribution in [2.75, 3.05) is 11.9 Å². The molecule has 0 aliphatic heterocycles. The van der Waals surface area contributed by atoms with Gasteiger partial charge in [0, 0.05) is 12.2 Å². The summed E-state index contributed by atoms with van der Waals surface area (Å²) in [7, 11) is 0. The first-order valence-corrected chi connectivity index (χ1v) is 7.74. The van der Waals surface area contributed by atoms with E-state index in [1.165, 1.54) is 18.4 Å². The second-order valence-corrected chi connectivity index (χ2v) is 5.54. The molecule has 0 saturated heterocycles. The summed E-state index contributed by atoms with van der Waals surface area (Å²) in [6.07, 6.45) is 8.12. The number of hydrogen-bond acceptors (Lipinski definition) is 2. The van der Waals surface area contributed by atoms with Gasteiger partial charge in [0.25, 0.3) is 0 Å². The first kappa shape index (κ1) is 16.1. The number of amides is 3. The molecule has 1 aromatic carbocycles. The number of benzene rings is 1. The van der Waals surface area contributed by atoms with E-state index in [-0.39, 0.29) is 12.5 Å². The van der Waals surface area contributed by atoms with Gasteiger partial charge in [0.1, 0.15) is 0 Å². The standard InChI is InChI=1S/C17H23N3O2/c18-16(21)12-14-8-4-5-9-15(14)20-17(22)19-11-10-13-6-2-1-3-7-13/h4-6,8-9H,1-3,7,10-12H2,(H2,18,21)(H2,19,20,22). The summed E-state index contributed by atoms with van der Waals surface area (Å²) < 4.78 is 0. The first-order valence-electron chi connectivity index (χ1n) is 7.74. The van der Waals surface area contributed by atoms with Crippen LogP contribution in [-0.2, 0) is 11.2 Å². The third-order valence-corrected chi connectivity index (χ3v) is 3.75. The van der Waals surface area contributed by atoms with E-state index in [4.69, 9.17) is 5.73 Å². The number of nitrogens with one attached hydrogen (secondary N) is 2. The zero-order chi connectivity index (χ0) is 15.8. The number of anilines is 1. The predicted octanol–water partition coefficient (Wildman–Crippen LogP) is 2.73. The Hall–Kier alpha value is -2.30. The zero-order valence-electron chi connectivity index (χ0n) is 12.7. The molecule has 22 heavy (non-hydrogen) atoms. The minimum Gasteiger partial charge on any atom is -0.369 e. The summed E-state index contributed by atoms with van der Waals surface area (Å²) in [4.78, 5) is 23.0. The van der Waals surface area contributed by atoms with Crippen LogP contribution in [0, 0.1) is 0 Å². The Labute approximate surface area is 131 Å². The Morgan fingerprint density at radius 2 is 2.00 bits per heavy atom. The molecule has 0 aromatic heterocycles. The van der Waals surface area contributed by atoms with Crippen molar-refractivity contribution in [3.63, 3.8) is 0 Å². The maximum atomic E-state index is 11.9. The second-order valence-electron chi connectivity index (χ2n) is 5.54. The lowest BCUT2D eigenvalue weighted by molar-refractivity contribution is -0.117. The average molecular weight is 301 g/mol. The Bertz CT molecular complexity index is 567. The van der Waals surface area contributed by atoms with Gasteiger partial charge in [-0.15, -0.1) is 0 Å². The van der Waals surface area contributed by atoms with Crippen LogP contribution in [0.15, 0.2) is 35.9 Å². The van der Waals surface area contributed by atoms with E-state index < -0.39 is 5.91 Å². The Morgan fingerprint density at radius 1 is 1.18 bits per heavy atom. The summed E-state index contributed by atoms with van der Waals surface area (Å²) in [5.74, 6) is -0.418. The molecule has 0 radical (unpaired) electrons. The molecule has 0 unspecified atom stereocenters. The average Bonchev–Trinajstić information content (AvgIpc) is 2.50. The van der Waals surface area contributed by atoms with Gasteiger partial charge in [0.2, 0.25) is 5.91 Å². The fourth-order valence-corrected chi connectivity index (χ4v) is 2.62. The van der Waals surface area contributed by atoms with Crippen LogP contribution in [0.25, 0.3) is 0 Å². The number of hydrogen-bond donors (Lipinski definition) is 3. The highest BCUT2D eigenvalue weighted by Crippen LogP contribution is 2.19. The van der Waals surface area contributed by atoms with Gasteiger partial charge in [-0.25, -0.2) is 4.79 Å². The molecule has 0 fully saturated rings. The molecule has 0 spiro atoms. The highest BCUT2D eigenvalue weighted by atomic mass is 16.2. The number of carbonyl (C=O) groups excluding carboxylic acids is 2. The maximum Gasteiger partial charge on any atom is 0.319 e. The minimum atomic E-state index is -0.418. The molecular weight excluding hydrogens is 278 g/mol. The fraction of sp³-hybridized carbons (Fsp3) is 0.412. The van der Waals surface area contributed by atoms with E-state index in [0.29, 0.717) is 12.2 Å².